The fourth-order valence-electron chi connectivity index (χ4n) is 2.01. The molecule has 110 valence electrons. The molecule has 1 aromatic carbocycles. The molecule has 1 amide bonds. The Hall–Kier alpha value is -1.95. The van der Waals surface area contributed by atoms with Gasteiger partial charge in [-0.3, -0.25) is 4.79 Å². The summed E-state index contributed by atoms with van der Waals surface area (Å²) in [5.41, 5.74) is 1.99. The van der Waals surface area contributed by atoms with E-state index in [2.05, 4.69) is 14.7 Å². The molecular weight excluding hydrogens is 284 g/mol. The second-order valence-corrected chi connectivity index (χ2v) is 6.21. The molecule has 0 aliphatic heterocycles. The van der Waals surface area contributed by atoms with Crippen molar-refractivity contribution in [2.75, 3.05) is 23.8 Å². The normalized spacial score (nSPS) is 14.0. The Morgan fingerprint density at radius 1 is 1.38 bits per heavy atom. The molecule has 1 fully saturated rings. The molecule has 21 heavy (non-hydrogen) atoms. The predicted octanol–water partition coefficient (Wildman–Crippen LogP) is 2.80. The molecule has 0 radical (unpaired) electrons. The number of carbonyl (C=O) groups excluding carboxylic acids is 1. The van der Waals surface area contributed by atoms with Crippen molar-refractivity contribution in [2.45, 2.75) is 25.7 Å². The lowest BCUT2D eigenvalue weighted by Gasteiger charge is -2.14. The van der Waals surface area contributed by atoms with Crippen molar-refractivity contribution in [3.05, 3.63) is 35.7 Å². The number of anilines is 2. The SMILES string of the molecule is Cc1ccc(NC(=O)CN(C)c2nc(C3CC3)ns2)cc1. The lowest BCUT2D eigenvalue weighted by Crippen LogP contribution is -2.30. The number of hydrogen-bond donors (Lipinski definition) is 1. The van der Waals surface area contributed by atoms with Crippen LogP contribution in [0, 0.1) is 6.92 Å². The summed E-state index contributed by atoms with van der Waals surface area (Å²) < 4.78 is 4.36. The van der Waals surface area contributed by atoms with E-state index in [9.17, 15) is 4.79 Å². The first kappa shape index (κ1) is 14.0. The van der Waals surface area contributed by atoms with E-state index in [-0.39, 0.29) is 12.5 Å². The van der Waals surface area contributed by atoms with E-state index >= 15 is 0 Å². The summed E-state index contributed by atoms with van der Waals surface area (Å²) in [5, 5.41) is 3.69. The Balaban J connectivity index is 1.56. The average molecular weight is 302 g/mol. The molecule has 0 saturated heterocycles. The predicted molar refractivity (Wildman–Crippen MR) is 85.0 cm³/mol. The second kappa shape index (κ2) is 5.81. The third-order valence-electron chi connectivity index (χ3n) is 3.42. The van der Waals surface area contributed by atoms with E-state index in [0.717, 1.165) is 16.6 Å². The highest BCUT2D eigenvalue weighted by Crippen LogP contribution is 2.39. The van der Waals surface area contributed by atoms with Crippen LogP contribution in [0.3, 0.4) is 0 Å². The van der Waals surface area contributed by atoms with Gasteiger partial charge in [0.1, 0.15) is 5.82 Å². The van der Waals surface area contributed by atoms with E-state index in [1.54, 1.807) is 0 Å². The Morgan fingerprint density at radius 2 is 2.10 bits per heavy atom. The van der Waals surface area contributed by atoms with Crippen molar-refractivity contribution in [2.24, 2.45) is 0 Å². The molecule has 1 aromatic heterocycles. The van der Waals surface area contributed by atoms with Gasteiger partial charge in [-0.25, -0.2) is 4.98 Å². The molecule has 1 heterocycles. The standard InChI is InChI=1S/C15H18N4OS/c1-10-3-7-12(8-4-10)16-13(20)9-19(2)15-17-14(18-21-15)11-5-6-11/h3-4,7-8,11H,5-6,9H2,1-2H3,(H,16,20). The minimum atomic E-state index is -0.0514. The van der Waals surface area contributed by atoms with Crippen molar-refractivity contribution in [1.29, 1.82) is 0 Å². The molecule has 0 unspecified atom stereocenters. The van der Waals surface area contributed by atoms with Gasteiger partial charge in [0.15, 0.2) is 0 Å². The van der Waals surface area contributed by atoms with E-state index in [0.29, 0.717) is 5.92 Å². The van der Waals surface area contributed by atoms with Crippen molar-refractivity contribution >= 4 is 28.3 Å². The molecule has 0 spiro atoms. The number of rotatable bonds is 5. The molecule has 1 aliphatic rings. The molecular formula is C15H18N4OS. The van der Waals surface area contributed by atoms with Crippen LogP contribution < -0.4 is 10.2 Å². The van der Waals surface area contributed by atoms with Crippen LogP contribution in [-0.2, 0) is 4.79 Å². The van der Waals surface area contributed by atoms with Crippen molar-refractivity contribution in [3.8, 4) is 0 Å². The van der Waals surface area contributed by atoms with Gasteiger partial charge in [-0.2, -0.15) is 4.37 Å². The number of benzene rings is 1. The Labute approximate surface area is 128 Å². The summed E-state index contributed by atoms with van der Waals surface area (Å²) in [4.78, 5) is 18.4. The first-order valence-corrected chi connectivity index (χ1v) is 7.80. The first-order chi connectivity index (χ1) is 10.1. The highest BCUT2D eigenvalue weighted by Gasteiger charge is 2.28. The van der Waals surface area contributed by atoms with Crippen LogP contribution in [0.5, 0.6) is 0 Å². The summed E-state index contributed by atoms with van der Waals surface area (Å²) in [7, 11) is 1.87. The topological polar surface area (TPSA) is 58.1 Å². The molecule has 3 rings (SSSR count). The maximum absolute atomic E-state index is 12.0. The van der Waals surface area contributed by atoms with Crippen LogP contribution in [0.4, 0.5) is 10.8 Å². The maximum atomic E-state index is 12.0. The third kappa shape index (κ3) is 3.58. The fourth-order valence-corrected chi connectivity index (χ4v) is 2.71. The number of carbonyl (C=O) groups is 1. The van der Waals surface area contributed by atoms with Gasteiger partial charge in [-0.15, -0.1) is 0 Å². The summed E-state index contributed by atoms with van der Waals surface area (Å²) in [6, 6.07) is 7.77. The number of aromatic nitrogens is 2. The summed E-state index contributed by atoms with van der Waals surface area (Å²) >= 11 is 1.36. The lowest BCUT2D eigenvalue weighted by atomic mass is 10.2. The minimum Gasteiger partial charge on any atom is -0.341 e. The van der Waals surface area contributed by atoms with Crippen LogP contribution in [0.25, 0.3) is 0 Å². The minimum absolute atomic E-state index is 0.0514. The Kier molecular flexibility index (Phi) is 3.88. The summed E-state index contributed by atoms with van der Waals surface area (Å²) in [5.74, 6) is 1.43. The lowest BCUT2D eigenvalue weighted by molar-refractivity contribution is -0.114. The van der Waals surface area contributed by atoms with Gasteiger partial charge in [0.2, 0.25) is 11.0 Å². The highest BCUT2D eigenvalue weighted by atomic mass is 32.1. The van der Waals surface area contributed by atoms with Gasteiger partial charge < -0.3 is 10.2 Å². The van der Waals surface area contributed by atoms with E-state index in [1.165, 1.54) is 29.9 Å². The average Bonchev–Trinajstić information content (AvgIpc) is 3.18. The van der Waals surface area contributed by atoms with Gasteiger partial charge in [-0.05, 0) is 31.9 Å². The molecule has 6 heteroatoms. The Bertz CT molecular complexity index is 633. The van der Waals surface area contributed by atoms with Gasteiger partial charge in [0.05, 0.1) is 6.54 Å². The van der Waals surface area contributed by atoms with E-state index < -0.39 is 0 Å². The number of hydrogen-bond acceptors (Lipinski definition) is 5. The number of nitrogens with zero attached hydrogens (tertiary/aromatic N) is 3. The van der Waals surface area contributed by atoms with Crippen molar-refractivity contribution in [3.63, 3.8) is 0 Å². The van der Waals surface area contributed by atoms with Gasteiger partial charge >= 0.3 is 0 Å². The van der Waals surface area contributed by atoms with Crippen molar-refractivity contribution in [1.82, 2.24) is 9.36 Å². The third-order valence-corrected chi connectivity index (χ3v) is 4.26. The zero-order valence-electron chi connectivity index (χ0n) is 12.2. The van der Waals surface area contributed by atoms with Crippen LogP contribution in [0.2, 0.25) is 0 Å². The molecule has 0 atom stereocenters. The number of amides is 1. The maximum Gasteiger partial charge on any atom is 0.243 e. The smallest absolute Gasteiger partial charge is 0.243 e. The number of nitrogens with one attached hydrogen (secondary N) is 1. The monoisotopic (exact) mass is 302 g/mol. The summed E-state index contributed by atoms with van der Waals surface area (Å²) in [6.45, 7) is 2.29. The molecule has 0 bridgehead atoms. The van der Waals surface area contributed by atoms with E-state index in [1.807, 2.05) is 43.1 Å². The molecule has 2 aromatic rings. The van der Waals surface area contributed by atoms with Crippen LogP contribution in [0.1, 0.15) is 30.1 Å². The van der Waals surface area contributed by atoms with Gasteiger partial charge in [-0.1, -0.05) is 17.7 Å². The largest absolute Gasteiger partial charge is 0.341 e. The van der Waals surface area contributed by atoms with Gasteiger partial charge in [0.25, 0.3) is 0 Å². The summed E-state index contributed by atoms with van der Waals surface area (Å²) in [6.07, 6.45) is 2.38. The van der Waals surface area contributed by atoms with Gasteiger partial charge in [0, 0.05) is 30.2 Å². The first-order valence-electron chi connectivity index (χ1n) is 7.03. The number of likely N-dealkylation sites (N-methyl/N-ethyl adjacent to an activating group) is 1. The van der Waals surface area contributed by atoms with Crippen molar-refractivity contribution < 1.29 is 4.79 Å². The zero-order chi connectivity index (χ0) is 14.8. The van der Waals surface area contributed by atoms with E-state index in [4.69, 9.17) is 0 Å². The molecule has 5 nitrogen and oxygen atoms in total. The molecule has 1 aliphatic carbocycles. The zero-order valence-corrected chi connectivity index (χ0v) is 13.0. The molecule has 1 N–H and O–H groups in total. The quantitative estimate of drug-likeness (QED) is 0.922. The molecule has 1 saturated carbocycles. The highest BCUT2D eigenvalue weighted by molar-refractivity contribution is 7.09. The van der Waals surface area contributed by atoms with Crippen LogP contribution >= 0.6 is 11.5 Å². The number of aryl methyl sites for hydroxylation is 1. The fraction of sp³-hybridized carbons (Fsp3) is 0.400. The van der Waals surface area contributed by atoms with Crippen LogP contribution in [0.15, 0.2) is 24.3 Å². The second-order valence-electron chi connectivity index (χ2n) is 5.48. The van der Waals surface area contributed by atoms with Crippen LogP contribution in [-0.4, -0.2) is 28.9 Å². The Morgan fingerprint density at radius 3 is 2.76 bits per heavy atom.